The second-order valence-electron chi connectivity index (χ2n) is 3.19. The molecule has 0 aliphatic heterocycles. The Morgan fingerprint density at radius 1 is 1.53 bits per heavy atom. The quantitative estimate of drug-likeness (QED) is 0.782. The number of methoxy groups -OCH3 is 1. The van der Waals surface area contributed by atoms with Gasteiger partial charge in [-0.15, -0.1) is 0 Å². The van der Waals surface area contributed by atoms with Crippen LogP contribution in [0.1, 0.15) is 0 Å². The summed E-state index contributed by atoms with van der Waals surface area (Å²) >= 11 is 5.62. The maximum atomic E-state index is 11.9. The molecule has 0 bridgehead atoms. The third-order valence-electron chi connectivity index (χ3n) is 2.23. The molecule has 0 aliphatic rings. The van der Waals surface area contributed by atoms with Gasteiger partial charge < -0.3 is 9.84 Å². The summed E-state index contributed by atoms with van der Waals surface area (Å²) in [6, 6.07) is 4.56. The summed E-state index contributed by atoms with van der Waals surface area (Å²) in [5.41, 5.74) is -0.426. The lowest BCUT2D eigenvalue weighted by molar-refractivity contribution is 0.195. The molecule has 0 aliphatic carbocycles. The van der Waals surface area contributed by atoms with E-state index >= 15 is 0 Å². The number of benzene rings is 1. The number of halogens is 1. The zero-order chi connectivity index (χ0) is 12.6. The lowest BCUT2D eigenvalue weighted by atomic mass is 10.2. The average Bonchev–Trinajstić information content (AvgIpc) is 2.28. The van der Waals surface area contributed by atoms with Gasteiger partial charge in [-0.1, -0.05) is 0 Å². The number of nitrogens with zero attached hydrogens (tertiary/aromatic N) is 2. The lowest BCUT2D eigenvalue weighted by Gasteiger charge is -2.05. The van der Waals surface area contributed by atoms with Crippen molar-refractivity contribution >= 4 is 28.6 Å². The highest BCUT2D eigenvalue weighted by molar-refractivity contribution is 6.29. The molecule has 0 atom stereocenters. The smallest absolute Gasteiger partial charge is 0.421 e. The Labute approximate surface area is 100 Å². The Hall–Kier alpha value is -2.08. The van der Waals surface area contributed by atoms with Crippen molar-refractivity contribution in [3.05, 3.63) is 33.8 Å². The van der Waals surface area contributed by atoms with Crippen LogP contribution < -0.4 is 10.3 Å². The first-order chi connectivity index (χ1) is 8.04. The van der Waals surface area contributed by atoms with E-state index in [0.717, 1.165) is 0 Å². The van der Waals surface area contributed by atoms with Crippen molar-refractivity contribution in [3.8, 4) is 5.75 Å². The number of hydrogen-bond donors (Lipinski definition) is 1. The second-order valence-corrected chi connectivity index (χ2v) is 3.53. The molecule has 17 heavy (non-hydrogen) atoms. The van der Waals surface area contributed by atoms with E-state index in [2.05, 4.69) is 4.98 Å². The summed E-state index contributed by atoms with van der Waals surface area (Å²) in [5.74, 6) is 0.440. The van der Waals surface area contributed by atoms with Crippen molar-refractivity contribution in [2.24, 2.45) is 0 Å². The van der Waals surface area contributed by atoms with Gasteiger partial charge in [0.1, 0.15) is 5.75 Å². The van der Waals surface area contributed by atoms with Crippen molar-refractivity contribution in [3.63, 3.8) is 0 Å². The van der Waals surface area contributed by atoms with E-state index in [1.54, 1.807) is 6.07 Å². The van der Waals surface area contributed by atoms with Crippen LogP contribution in [0.5, 0.6) is 5.75 Å². The zero-order valence-corrected chi connectivity index (χ0v) is 9.43. The molecule has 6 nitrogen and oxygen atoms in total. The minimum absolute atomic E-state index is 0.135. The van der Waals surface area contributed by atoms with Crippen LogP contribution in [-0.4, -0.2) is 27.9 Å². The van der Waals surface area contributed by atoms with Gasteiger partial charge in [-0.05, 0) is 29.8 Å². The van der Waals surface area contributed by atoms with Crippen molar-refractivity contribution in [2.75, 3.05) is 7.11 Å². The fourth-order valence-electron chi connectivity index (χ4n) is 1.43. The Balaban J connectivity index is 2.89. The highest BCUT2D eigenvalue weighted by Crippen LogP contribution is 2.17. The Morgan fingerprint density at radius 3 is 2.82 bits per heavy atom. The topological polar surface area (TPSA) is 81.4 Å². The molecule has 0 radical (unpaired) electrons. The maximum absolute atomic E-state index is 11.9. The van der Waals surface area contributed by atoms with Crippen LogP contribution in [0.15, 0.2) is 23.0 Å². The second kappa shape index (κ2) is 4.06. The van der Waals surface area contributed by atoms with Crippen LogP contribution >= 0.6 is 11.6 Å². The number of fused-ring (bicyclic) bond motifs is 1. The summed E-state index contributed by atoms with van der Waals surface area (Å²) in [6.07, 6.45) is -1.47. The first-order valence-corrected chi connectivity index (χ1v) is 4.92. The summed E-state index contributed by atoms with van der Waals surface area (Å²) in [5, 5.41) is 8.59. The van der Waals surface area contributed by atoms with E-state index in [1.807, 2.05) is 0 Å². The molecule has 0 saturated heterocycles. The van der Waals surface area contributed by atoms with Crippen molar-refractivity contribution in [1.29, 1.82) is 0 Å². The molecule has 7 heteroatoms. The SMILES string of the molecule is COc1ccc2nc(Cl)n(C(=O)O)c(=O)c2c1. The number of ether oxygens (including phenoxy) is 1. The van der Waals surface area contributed by atoms with E-state index < -0.39 is 11.7 Å². The molecule has 88 valence electrons. The standard InChI is InChI=1S/C10H7ClN2O4/c1-17-5-2-3-7-6(4-5)8(14)13(10(15)16)9(11)12-7/h2-4H,1H3,(H,15,16). The molecule has 0 fully saturated rings. The van der Waals surface area contributed by atoms with E-state index in [-0.39, 0.29) is 10.7 Å². The summed E-state index contributed by atoms with van der Waals surface area (Å²) in [4.78, 5) is 26.5. The van der Waals surface area contributed by atoms with Crippen LogP contribution in [0.4, 0.5) is 4.79 Å². The van der Waals surface area contributed by atoms with Crippen LogP contribution in [0.3, 0.4) is 0 Å². The minimum atomic E-state index is -1.47. The highest BCUT2D eigenvalue weighted by atomic mass is 35.5. The van der Waals surface area contributed by atoms with Crippen molar-refractivity contribution < 1.29 is 14.6 Å². The molecule has 1 heterocycles. The van der Waals surface area contributed by atoms with Crippen LogP contribution in [0.25, 0.3) is 10.9 Å². The average molecular weight is 255 g/mol. The molecule has 1 N–H and O–H groups in total. The van der Waals surface area contributed by atoms with Gasteiger partial charge >= 0.3 is 6.09 Å². The third-order valence-corrected chi connectivity index (χ3v) is 2.48. The van der Waals surface area contributed by atoms with Gasteiger partial charge in [0, 0.05) is 0 Å². The fraction of sp³-hybridized carbons (Fsp3) is 0.100. The molecule has 0 unspecified atom stereocenters. The van der Waals surface area contributed by atoms with Crippen LogP contribution in [0.2, 0.25) is 5.28 Å². The fourth-order valence-corrected chi connectivity index (χ4v) is 1.67. The minimum Gasteiger partial charge on any atom is -0.497 e. The van der Waals surface area contributed by atoms with Gasteiger partial charge in [0.05, 0.1) is 18.0 Å². The van der Waals surface area contributed by atoms with Crippen molar-refractivity contribution in [1.82, 2.24) is 9.55 Å². The molecular weight excluding hydrogens is 248 g/mol. The van der Waals surface area contributed by atoms with Gasteiger partial charge in [-0.2, -0.15) is 4.57 Å². The van der Waals surface area contributed by atoms with E-state index in [4.69, 9.17) is 21.4 Å². The largest absolute Gasteiger partial charge is 0.497 e. The van der Waals surface area contributed by atoms with E-state index in [1.165, 1.54) is 19.2 Å². The molecule has 1 aromatic carbocycles. The molecular formula is C10H7ClN2O4. The number of rotatable bonds is 1. The first kappa shape index (κ1) is 11.4. The third kappa shape index (κ3) is 1.83. The highest BCUT2D eigenvalue weighted by Gasteiger charge is 2.14. The maximum Gasteiger partial charge on any atom is 0.421 e. The van der Waals surface area contributed by atoms with Gasteiger partial charge in [0.2, 0.25) is 5.28 Å². The number of carboxylic acid groups (broad SMARTS) is 1. The molecule has 0 amide bonds. The Kier molecular flexibility index (Phi) is 2.72. The van der Waals surface area contributed by atoms with Gasteiger partial charge in [-0.25, -0.2) is 9.78 Å². The van der Waals surface area contributed by atoms with Crippen molar-refractivity contribution in [2.45, 2.75) is 0 Å². The number of carbonyl (C=O) groups is 1. The Morgan fingerprint density at radius 2 is 2.24 bits per heavy atom. The van der Waals surface area contributed by atoms with E-state index in [0.29, 0.717) is 15.8 Å². The zero-order valence-electron chi connectivity index (χ0n) is 8.68. The normalized spacial score (nSPS) is 10.5. The predicted molar refractivity (Wildman–Crippen MR) is 61.0 cm³/mol. The molecule has 2 aromatic rings. The Bertz CT molecular complexity index is 665. The molecule has 0 saturated carbocycles. The summed E-state index contributed by atoms with van der Waals surface area (Å²) in [7, 11) is 1.44. The molecule has 1 aromatic heterocycles. The number of aromatic nitrogens is 2. The first-order valence-electron chi connectivity index (χ1n) is 4.54. The number of hydrogen-bond acceptors (Lipinski definition) is 4. The summed E-state index contributed by atoms with van der Waals surface area (Å²) in [6.45, 7) is 0. The summed E-state index contributed by atoms with van der Waals surface area (Å²) < 4.78 is 5.33. The van der Waals surface area contributed by atoms with Crippen LogP contribution in [-0.2, 0) is 0 Å². The monoisotopic (exact) mass is 254 g/mol. The van der Waals surface area contributed by atoms with Gasteiger partial charge in [-0.3, -0.25) is 4.79 Å². The molecule has 0 spiro atoms. The molecule has 2 rings (SSSR count). The van der Waals surface area contributed by atoms with Crippen LogP contribution in [0, 0.1) is 0 Å². The predicted octanol–water partition coefficient (Wildman–Crippen LogP) is 1.58. The van der Waals surface area contributed by atoms with E-state index in [9.17, 15) is 9.59 Å². The lowest BCUT2D eigenvalue weighted by Crippen LogP contribution is -2.27. The van der Waals surface area contributed by atoms with Gasteiger partial charge in [0.15, 0.2) is 0 Å². The van der Waals surface area contributed by atoms with Gasteiger partial charge in [0.25, 0.3) is 5.56 Å².